The van der Waals surface area contributed by atoms with Crippen LogP contribution in [0.3, 0.4) is 0 Å². The van der Waals surface area contributed by atoms with Gasteiger partial charge in [-0.15, -0.1) is 0 Å². The van der Waals surface area contributed by atoms with Gasteiger partial charge in [0.25, 0.3) is 0 Å². The maximum Gasteiger partial charge on any atom is 0.130 e. The molecule has 0 aromatic heterocycles. The van der Waals surface area contributed by atoms with Crippen molar-refractivity contribution in [2.75, 3.05) is 0 Å². The number of phenols is 2. The summed E-state index contributed by atoms with van der Waals surface area (Å²) in [5, 5.41) is 20.0. The summed E-state index contributed by atoms with van der Waals surface area (Å²) in [5.41, 5.74) is 3.15. The minimum Gasteiger partial charge on any atom is -0.508 e. The van der Waals surface area contributed by atoms with Crippen LogP contribution in [0, 0.1) is 5.82 Å². The molecule has 0 saturated carbocycles. The molecular formula is C18H18ClFO2. The van der Waals surface area contributed by atoms with Gasteiger partial charge in [0, 0.05) is 17.0 Å². The molecule has 2 N–H and O–H groups in total. The number of rotatable bonds is 2. The van der Waals surface area contributed by atoms with Crippen LogP contribution in [0.25, 0.3) is 0 Å². The molecule has 0 fully saturated rings. The highest BCUT2D eigenvalue weighted by Crippen LogP contribution is 2.45. The van der Waals surface area contributed by atoms with Gasteiger partial charge in [-0.3, -0.25) is 0 Å². The third-order valence-electron chi connectivity index (χ3n) is 4.39. The molecule has 1 aliphatic carbocycles. The van der Waals surface area contributed by atoms with E-state index in [0.717, 1.165) is 29.5 Å². The van der Waals surface area contributed by atoms with Crippen molar-refractivity contribution in [2.24, 2.45) is 0 Å². The van der Waals surface area contributed by atoms with Crippen molar-refractivity contribution in [3.8, 4) is 11.5 Å². The first kappa shape index (κ1) is 15.2. The lowest BCUT2D eigenvalue weighted by Gasteiger charge is -2.18. The molecule has 0 bridgehead atoms. The van der Waals surface area contributed by atoms with Crippen molar-refractivity contribution in [3.05, 3.63) is 57.4 Å². The van der Waals surface area contributed by atoms with Gasteiger partial charge < -0.3 is 10.2 Å². The van der Waals surface area contributed by atoms with Crippen molar-refractivity contribution in [2.45, 2.75) is 38.5 Å². The third-order valence-corrected chi connectivity index (χ3v) is 4.71. The number of benzene rings is 2. The molecule has 2 nitrogen and oxygen atoms in total. The van der Waals surface area contributed by atoms with E-state index in [1.165, 1.54) is 12.1 Å². The minimum absolute atomic E-state index is 0.00808. The van der Waals surface area contributed by atoms with E-state index >= 15 is 0 Å². The number of halogens is 2. The highest BCUT2D eigenvalue weighted by molar-refractivity contribution is 6.31. The van der Waals surface area contributed by atoms with Crippen LogP contribution >= 0.6 is 11.6 Å². The zero-order valence-electron chi connectivity index (χ0n) is 12.5. The number of aromatic hydroxyl groups is 2. The van der Waals surface area contributed by atoms with E-state index in [2.05, 4.69) is 0 Å². The summed E-state index contributed by atoms with van der Waals surface area (Å²) >= 11 is 6.27. The quantitative estimate of drug-likeness (QED) is 0.809. The number of hydrogen-bond donors (Lipinski definition) is 2. The molecule has 1 aliphatic rings. The van der Waals surface area contributed by atoms with Crippen LogP contribution in [-0.2, 0) is 6.42 Å². The van der Waals surface area contributed by atoms with Gasteiger partial charge in [0.2, 0.25) is 0 Å². The van der Waals surface area contributed by atoms with Gasteiger partial charge >= 0.3 is 0 Å². The van der Waals surface area contributed by atoms with E-state index < -0.39 is 5.82 Å². The fraction of sp³-hybridized carbons (Fsp3) is 0.333. The standard InChI is InChI=1S/C18H18ClFO2/c1-9(2)13-7-14(16(20)8-17(13)22)12-4-3-10-5-11(21)6-15(19)18(10)12/h5-9,12,21-22H,3-4H2,1-2H3. The average Bonchev–Trinajstić information content (AvgIpc) is 2.82. The fourth-order valence-corrected chi connectivity index (χ4v) is 3.70. The first-order valence-electron chi connectivity index (χ1n) is 7.42. The highest BCUT2D eigenvalue weighted by atomic mass is 35.5. The van der Waals surface area contributed by atoms with Crippen LogP contribution in [0.5, 0.6) is 11.5 Å². The molecule has 22 heavy (non-hydrogen) atoms. The largest absolute Gasteiger partial charge is 0.508 e. The summed E-state index contributed by atoms with van der Waals surface area (Å²) in [5.74, 6) is -0.315. The normalized spacial score (nSPS) is 17.0. The third kappa shape index (κ3) is 2.44. The van der Waals surface area contributed by atoms with Crippen molar-refractivity contribution in [3.63, 3.8) is 0 Å². The van der Waals surface area contributed by atoms with Crippen molar-refractivity contribution in [1.29, 1.82) is 0 Å². The molecule has 0 saturated heterocycles. The van der Waals surface area contributed by atoms with Gasteiger partial charge in [-0.25, -0.2) is 4.39 Å². The number of hydrogen-bond acceptors (Lipinski definition) is 2. The smallest absolute Gasteiger partial charge is 0.130 e. The summed E-state index contributed by atoms with van der Waals surface area (Å²) in [7, 11) is 0. The van der Waals surface area contributed by atoms with Crippen LogP contribution in [0.15, 0.2) is 24.3 Å². The lowest BCUT2D eigenvalue weighted by atomic mass is 9.89. The molecule has 0 heterocycles. The number of fused-ring (bicyclic) bond motifs is 1. The molecule has 2 aromatic carbocycles. The Labute approximate surface area is 134 Å². The maximum absolute atomic E-state index is 14.4. The van der Waals surface area contributed by atoms with Gasteiger partial charge in [0.15, 0.2) is 0 Å². The lowest BCUT2D eigenvalue weighted by molar-refractivity contribution is 0.456. The minimum atomic E-state index is -0.413. The second kappa shape index (κ2) is 5.47. The zero-order valence-corrected chi connectivity index (χ0v) is 13.3. The first-order valence-corrected chi connectivity index (χ1v) is 7.80. The van der Waals surface area contributed by atoms with E-state index in [1.807, 2.05) is 13.8 Å². The Bertz CT molecular complexity index is 740. The molecule has 0 aliphatic heterocycles. The van der Waals surface area contributed by atoms with Gasteiger partial charge in [-0.05, 0) is 59.2 Å². The molecule has 0 spiro atoms. The zero-order chi connectivity index (χ0) is 16.0. The molecule has 0 radical (unpaired) electrons. The topological polar surface area (TPSA) is 40.5 Å². The van der Waals surface area contributed by atoms with E-state index in [1.54, 1.807) is 12.1 Å². The number of phenolic OH excluding ortho intramolecular Hbond substituents is 2. The Balaban J connectivity index is 2.14. The van der Waals surface area contributed by atoms with Crippen molar-refractivity contribution >= 4 is 11.6 Å². The Morgan fingerprint density at radius 3 is 2.59 bits per heavy atom. The predicted molar refractivity (Wildman–Crippen MR) is 85.4 cm³/mol. The maximum atomic E-state index is 14.4. The molecule has 2 aromatic rings. The molecular weight excluding hydrogens is 303 g/mol. The van der Waals surface area contributed by atoms with Gasteiger partial charge in [0.1, 0.15) is 17.3 Å². The highest BCUT2D eigenvalue weighted by Gasteiger charge is 2.30. The average molecular weight is 321 g/mol. The Morgan fingerprint density at radius 2 is 1.91 bits per heavy atom. The Morgan fingerprint density at radius 1 is 1.18 bits per heavy atom. The second-order valence-corrected chi connectivity index (χ2v) is 6.59. The van der Waals surface area contributed by atoms with E-state index in [9.17, 15) is 14.6 Å². The SMILES string of the molecule is CC(C)c1cc(C2CCc3cc(O)cc(Cl)c32)c(F)cc1O. The molecule has 116 valence electrons. The first-order chi connectivity index (χ1) is 10.4. The molecule has 1 atom stereocenters. The summed E-state index contributed by atoms with van der Waals surface area (Å²) < 4.78 is 14.4. The van der Waals surface area contributed by atoms with Gasteiger partial charge in [0.05, 0.1) is 0 Å². The summed E-state index contributed by atoms with van der Waals surface area (Å²) in [6, 6.07) is 6.14. The summed E-state index contributed by atoms with van der Waals surface area (Å²) in [4.78, 5) is 0. The molecule has 4 heteroatoms. The molecule has 0 amide bonds. The van der Waals surface area contributed by atoms with Crippen LogP contribution < -0.4 is 0 Å². The number of aryl methyl sites for hydroxylation is 1. The van der Waals surface area contributed by atoms with E-state index in [4.69, 9.17) is 11.6 Å². The fourth-order valence-electron chi connectivity index (χ4n) is 3.34. The molecule has 1 unspecified atom stereocenters. The van der Waals surface area contributed by atoms with Gasteiger partial charge in [-0.2, -0.15) is 0 Å². The monoisotopic (exact) mass is 320 g/mol. The lowest BCUT2D eigenvalue weighted by Crippen LogP contribution is -2.03. The van der Waals surface area contributed by atoms with Crippen LogP contribution in [-0.4, -0.2) is 10.2 Å². The predicted octanol–water partition coefficient (Wildman–Crippen LogP) is 5.09. The van der Waals surface area contributed by atoms with Crippen LogP contribution in [0.1, 0.15) is 54.4 Å². The molecule has 3 rings (SSSR count). The van der Waals surface area contributed by atoms with E-state index in [-0.39, 0.29) is 23.3 Å². The van der Waals surface area contributed by atoms with Crippen LogP contribution in [0.4, 0.5) is 4.39 Å². The Hall–Kier alpha value is -1.74. The van der Waals surface area contributed by atoms with Gasteiger partial charge in [-0.1, -0.05) is 25.4 Å². The Kier molecular flexibility index (Phi) is 3.77. The second-order valence-electron chi connectivity index (χ2n) is 6.18. The van der Waals surface area contributed by atoms with E-state index in [0.29, 0.717) is 10.6 Å². The van der Waals surface area contributed by atoms with Crippen LogP contribution in [0.2, 0.25) is 5.02 Å². The summed E-state index contributed by atoms with van der Waals surface area (Å²) in [6.07, 6.45) is 1.50. The van der Waals surface area contributed by atoms with Crippen molar-refractivity contribution < 1.29 is 14.6 Å². The summed E-state index contributed by atoms with van der Waals surface area (Å²) in [6.45, 7) is 3.93. The van der Waals surface area contributed by atoms with Crippen molar-refractivity contribution in [1.82, 2.24) is 0 Å².